The lowest BCUT2D eigenvalue weighted by Gasteiger charge is -2.33. The van der Waals surface area contributed by atoms with E-state index in [1.807, 2.05) is 11.8 Å². The molecule has 0 aliphatic carbocycles. The first-order valence-corrected chi connectivity index (χ1v) is 8.62. The highest BCUT2D eigenvalue weighted by atomic mass is 16.5. The molecule has 0 saturated carbocycles. The second kappa shape index (κ2) is 7.15. The molecule has 0 N–H and O–H groups in total. The maximum Gasteiger partial charge on any atom is 0.226 e. The Hall–Kier alpha value is -2.18. The molecule has 130 valence electrons. The number of piperidine rings is 1. The van der Waals surface area contributed by atoms with Crippen LogP contribution in [0.5, 0.6) is 0 Å². The van der Waals surface area contributed by atoms with Crippen LogP contribution in [0, 0.1) is 20.8 Å². The second-order valence-corrected chi connectivity index (χ2v) is 6.60. The quantitative estimate of drug-likeness (QED) is 0.840. The van der Waals surface area contributed by atoms with E-state index in [9.17, 15) is 4.79 Å². The van der Waals surface area contributed by atoms with E-state index in [1.54, 1.807) is 6.92 Å². The van der Waals surface area contributed by atoms with Crippen molar-refractivity contribution in [2.45, 2.75) is 58.9 Å². The standard InChI is InChI=1S/C17H25N5O2/c1-12-10-13(2)22(19-12)15-6-5-9-21(11-15)17(23)8-4-7-16-18-14(3)20-24-16/h10,15H,4-9,11H2,1-3H3/t15-/m0/s1. The summed E-state index contributed by atoms with van der Waals surface area (Å²) in [5.41, 5.74) is 2.20. The van der Waals surface area contributed by atoms with Gasteiger partial charge in [-0.15, -0.1) is 0 Å². The molecule has 1 fully saturated rings. The summed E-state index contributed by atoms with van der Waals surface area (Å²) in [6.45, 7) is 7.47. The van der Waals surface area contributed by atoms with Crippen LogP contribution < -0.4 is 0 Å². The number of hydrogen-bond donors (Lipinski definition) is 0. The number of carbonyl (C=O) groups excluding carboxylic acids is 1. The predicted octanol–water partition coefficient (Wildman–Crippen LogP) is 2.38. The smallest absolute Gasteiger partial charge is 0.226 e. The van der Waals surface area contributed by atoms with Gasteiger partial charge in [-0.1, -0.05) is 5.16 Å². The maximum atomic E-state index is 12.5. The minimum Gasteiger partial charge on any atom is -0.341 e. The normalized spacial score (nSPS) is 18.1. The largest absolute Gasteiger partial charge is 0.341 e. The number of aryl methyl sites for hydroxylation is 4. The molecule has 7 heteroatoms. The first-order chi connectivity index (χ1) is 11.5. The van der Waals surface area contributed by atoms with Crippen LogP contribution >= 0.6 is 0 Å². The number of hydrogen-bond acceptors (Lipinski definition) is 5. The first-order valence-electron chi connectivity index (χ1n) is 8.62. The molecule has 1 saturated heterocycles. The summed E-state index contributed by atoms with van der Waals surface area (Å²) in [5, 5.41) is 8.35. The molecule has 0 radical (unpaired) electrons. The lowest BCUT2D eigenvalue weighted by Crippen LogP contribution is -2.41. The van der Waals surface area contributed by atoms with Gasteiger partial charge >= 0.3 is 0 Å². The molecule has 0 spiro atoms. The molecule has 3 heterocycles. The number of aromatic nitrogens is 4. The number of nitrogens with zero attached hydrogens (tertiary/aromatic N) is 5. The SMILES string of the molecule is Cc1cc(C)n([C@H]2CCCN(C(=O)CCCc3nc(C)no3)C2)n1. The maximum absolute atomic E-state index is 12.5. The van der Waals surface area contributed by atoms with Crippen molar-refractivity contribution < 1.29 is 9.32 Å². The minimum atomic E-state index is 0.206. The lowest BCUT2D eigenvalue weighted by atomic mass is 10.0. The first kappa shape index (κ1) is 16.7. The zero-order chi connectivity index (χ0) is 17.1. The third-order valence-electron chi connectivity index (χ3n) is 4.49. The van der Waals surface area contributed by atoms with Crippen molar-refractivity contribution in [1.29, 1.82) is 0 Å². The number of carbonyl (C=O) groups is 1. The van der Waals surface area contributed by atoms with Crippen LogP contribution in [0.4, 0.5) is 0 Å². The van der Waals surface area contributed by atoms with E-state index in [0.29, 0.717) is 24.6 Å². The monoisotopic (exact) mass is 331 g/mol. The molecule has 0 unspecified atom stereocenters. The zero-order valence-corrected chi connectivity index (χ0v) is 14.7. The molecular weight excluding hydrogens is 306 g/mol. The van der Waals surface area contributed by atoms with Crippen LogP contribution in [0.2, 0.25) is 0 Å². The van der Waals surface area contributed by atoms with Gasteiger partial charge in [-0.2, -0.15) is 10.1 Å². The molecule has 7 nitrogen and oxygen atoms in total. The molecule has 0 aromatic carbocycles. The second-order valence-electron chi connectivity index (χ2n) is 6.60. The molecule has 1 aliphatic heterocycles. The van der Waals surface area contributed by atoms with Gasteiger partial charge in [0.2, 0.25) is 11.8 Å². The van der Waals surface area contributed by atoms with Gasteiger partial charge in [0.25, 0.3) is 0 Å². The van der Waals surface area contributed by atoms with Gasteiger partial charge in [-0.05, 0) is 46.1 Å². The molecule has 2 aromatic heterocycles. The highest BCUT2D eigenvalue weighted by Crippen LogP contribution is 2.23. The van der Waals surface area contributed by atoms with E-state index in [0.717, 1.165) is 38.0 Å². The van der Waals surface area contributed by atoms with E-state index in [2.05, 4.69) is 32.9 Å². The van der Waals surface area contributed by atoms with E-state index in [-0.39, 0.29) is 11.9 Å². The Kier molecular flexibility index (Phi) is 4.97. The third-order valence-corrected chi connectivity index (χ3v) is 4.49. The Balaban J connectivity index is 1.52. The molecule has 1 atom stereocenters. The molecule has 0 bridgehead atoms. The molecular formula is C17H25N5O2. The lowest BCUT2D eigenvalue weighted by molar-refractivity contribution is -0.133. The summed E-state index contributed by atoms with van der Waals surface area (Å²) < 4.78 is 7.16. The number of likely N-dealkylation sites (tertiary alicyclic amines) is 1. The van der Waals surface area contributed by atoms with E-state index < -0.39 is 0 Å². The predicted molar refractivity (Wildman–Crippen MR) is 88.5 cm³/mol. The van der Waals surface area contributed by atoms with E-state index >= 15 is 0 Å². The number of rotatable bonds is 5. The average molecular weight is 331 g/mol. The van der Waals surface area contributed by atoms with Gasteiger partial charge < -0.3 is 9.42 Å². The number of amides is 1. The van der Waals surface area contributed by atoms with Crippen molar-refractivity contribution in [3.63, 3.8) is 0 Å². The van der Waals surface area contributed by atoms with Gasteiger partial charge in [-0.3, -0.25) is 9.48 Å². The zero-order valence-electron chi connectivity index (χ0n) is 14.7. The Labute approximate surface area is 142 Å². The van der Waals surface area contributed by atoms with Gasteiger partial charge in [0.15, 0.2) is 5.82 Å². The topological polar surface area (TPSA) is 77.0 Å². The van der Waals surface area contributed by atoms with Crippen molar-refractivity contribution in [1.82, 2.24) is 24.8 Å². The fourth-order valence-electron chi connectivity index (χ4n) is 3.39. The van der Waals surface area contributed by atoms with Crippen LogP contribution in [-0.2, 0) is 11.2 Å². The fraction of sp³-hybridized carbons (Fsp3) is 0.647. The summed E-state index contributed by atoms with van der Waals surface area (Å²) in [7, 11) is 0. The summed E-state index contributed by atoms with van der Waals surface area (Å²) in [6.07, 6.45) is 4.01. The molecule has 1 aliphatic rings. The Morgan fingerprint density at radius 2 is 2.21 bits per heavy atom. The van der Waals surface area contributed by atoms with Crippen LogP contribution in [-0.4, -0.2) is 43.8 Å². The summed E-state index contributed by atoms with van der Waals surface area (Å²) in [5.74, 6) is 1.46. The average Bonchev–Trinajstić information content (AvgIpc) is 3.12. The Morgan fingerprint density at radius 3 is 2.88 bits per heavy atom. The highest BCUT2D eigenvalue weighted by molar-refractivity contribution is 5.76. The van der Waals surface area contributed by atoms with Crippen molar-refractivity contribution in [3.05, 3.63) is 29.2 Å². The Bertz CT molecular complexity index is 706. The molecule has 2 aromatic rings. The Morgan fingerprint density at radius 1 is 1.38 bits per heavy atom. The van der Waals surface area contributed by atoms with E-state index in [4.69, 9.17) is 4.52 Å². The highest BCUT2D eigenvalue weighted by Gasteiger charge is 2.25. The van der Waals surface area contributed by atoms with E-state index in [1.165, 1.54) is 5.69 Å². The van der Waals surface area contributed by atoms with Crippen LogP contribution in [0.1, 0.15) is 54.8 Å². The fourth-order valence-corrected chi connectivity index (χ4v) is 3.39. The minimum absolute atomic E-state index is 0.206. The van der Waals surface area contributed by atoms with Crippen LogP contribution in [0.3, 0.4) is 0 Å². The summed E-state index contributed by atoms with van der Waals surface area (Å²) in [4.78, 5) is 18.6. The van der Waals surface area contributed by atoms with Crippen molar-refractivity contribution in [2.24, 2.45) is 0 Å². The molecule has 24 heavy (non-hydrogen) atoms. The van der Waals surface area contributed by atoms with Gasteiger partial charge in [0.05, 0.1) is 11.7 Å². The third kappa shape index (κ3) is 3.83. The summed E-state index contributed by atoms with van der Waals surface area (Å²) >= 11 is 0. The van der Waals surface area contributed by atoms with Crippen molar-refractivity contribution in [2.75, 3.05) is 13.1 Å². The van der Waals surface area contributed by atoms with Crippen molar-refractivity contribution in [3.8, 4) is 0 Å². The summed E-state index contributed by atoms with van der Waals surface area (Å²) in [6, 6.07) is 2.38. The molecule has 1 amide bonds. The van der Waals surface area contributed by atoms with Crippen LogP contribution in [0.15, 0.2) is 10.6 Å². The molecule has 3 rings (SSSR count). The van der Waals surface area contributed by atoms with Gasteiger partial charge in [0, 0.05) is 31.6 Å². The van der Waals surface area contributed by atoms with Gasteiger partial charge in [-0.25, -0.2) is 0 Å². The van der Waals surface area contributed by atoms with Gasteiger partial charge in [0.1, 0.15) is 0 Å². The van der Waals surface area contributed by atoms with Crippen molar-refractivity contribution >= 4 is 5.91 Å². The van der Waals surface area contributed by atoms with Crippen LogP contribution in [0.25, 0.3) is 0 Å².